The van der Waals surface area contributed by atoms with Gasteiger partial charge in [-0.15, -0.1) is 0 Å². The summed E-state index contributed by atoms with van der Waals surface area (Å²) in [6.45, 7) is 7.48. The number of benzene rings is 1. The van der Waals surface area contributed by atoms with E-state index in [0.29, 0.717) is 19.0 Å². The Hall–Kier alpha value is -1.23. The summed E-state index contributed by atoms with van der Waals surface area (Å²) in [5.74, 6) is -1.37. The van der Waals surface area contributed by atoms with Gasteiger partial charge in [0.05, 0.1) is 5.69 Å². The molecule has 1 rings (SSSR count). The maximum absolute atomic E-state index is 14.2. The van der Waals surface area contributed by atoms with Gasteiger partial charge in [0.1, 0.15) is 4.99 Å². The van der Waals surface area contributed by atoms with Crippen LogP contribution in [0.25, 0.3) is 0 Å². The number of rotatable bonds is 7. The van der Waals surface area contributed by atoms with Crippen molar-refractivity contribution in [2.24, 2.45) is 11.7 Å². The number of hydrogen-bond acceptors (Lipinski definition) is 2. The second-order valence-corrected chi connectivity index (χ2v) is 5.29. The highest BCUT2D eigenvalue weighted by atomic mass is 32.1. The molecule has 0 radical (unpaired) electrons. The number of halogens is 2. The molecule has 112 valence electrons. The van der Waals surface area contributed by atoms with Crippen molar-refractivity contribution in [2.45, 2.75) is 33.6 Å². The van der Waals surface area contributed by atoms with Crippen LogP contribution in [-0.2, 0) is 0 Å². The van der Waals surface area contributed by atoms with Crippen LogP contribution in [0.1, 0.15) is 39.2 Å². The first-order valence-corrected chi connectivity index (χ1v) is 7.39. The van der Waals surface area contributed by atoms with Crippen LogP contribution in [0.4, 0.5) is 14.5 Å². The zero-order chi connectivity index (χ0) is 15.3. The standard InChI is InChI=1S/C15H22F2N2S/c1-4-10(5-2)9-19(6-3)12-8-7-11(15(18)20)13(16)14(12)17/h7-8,10H,4-6,9H2,1-3H3,(H2,18,20). The van der Waals surface area contributed by atoms with E-state index >= 15 is 0 Å². The van der Waals surface area contributed by atoms with E-state index in [1.807, 2.05) is 11.8 Å². The lowest BCUT2D eigenvalue weighted by Crippen LogP contribution is -2.30. The monoisotopic (exact) mass is 300 g/mol. The van der Waals surface area contributed by atoms with Gasteiger partial charge in [-0.05, 0) is 25.0 Å². The average Bonchev–Trinajstić information content (AvgIpc) is 2.43. The molecule has 0 saturated heterocycles. The molecule has 1 aromatic carbocycles. The van der Waals surface area contributed by atoms with Crippen LogP contribution >= 0.6 is 12.2 Å². The van der Waals surface area contributed by atoms with Gasteiger partial charge in [0, 0.05) is 18.7 Å². The number of nitrogens with zero attached hydrogens (tertiary/aromatic N) is 1. The van der Waals surface area contributed by atoms with Crippen LogP contribution in [-0.4, -0.2) is 18.1 Å². The summed E-state index contributed by atoms with van der Waals surface area (Å²) < 4.78 is 28.1. The average molecular weight is 300 g/mol. The molecule has 2 N–H and O–H groups in total. The molecule has 0 aliphatic heterocycles. The van der Waals surface area contributed by atoms with Gasteiger partial charge in [-0.1, -0.05) is 38.9 Å². The Bertz CT molecular complexity index is 473. The van der Waals surface area contributed by atoms with E-state index in [0.717, 1.165) is 12.8 Å². The van der Waals surface area contributed by atoms with Gasteiger partial charge in [0.15, 0.2) is 11.6 Å². The highest BCUT2D eigenvalue weighted by molar-refractivity contribution is 7.80. The van der Waals surface area contributed by atoms with Crippen molar-refractivity contribution < 1.29 is 8.78 Å². The predicted octanol–water partition coefficient (Wildman–Crippen LogP) is 3.86. The minimum absolute atomic E-state index is 0.0418. The van der Waals surface area contributed by atoms with Gasteiger partial charge in [-0.2, -0.15) is 0 Å². The SMILES string of the molecule is CCC(CC)CN(CC)c1ccc(C(N)=S)c(F)c1F. The first-order chi connectivity index (χ1) is 9.46. The van der Waals surface area contributed by atoms with E-state index in [1.165, 1.54) is 6.07 Å². The topological polar surface area (TPSA) is 29.3 Å². The fourth-order valence-corrected chi connectivity index (χ4v) is 2.39. The number of nitrogens with two attached hydrogens (primary N) is 1. The van der Waals surface area contributed by atoms with Crippen LogP contribution in [0.2, 0.25) is 0 Å². The van der Waals surface area contributed by atoms with Gasteiger partial charge < -0.3 is 10.6 Å². The Morgan fingerprint density at radius 2 is 1.80 bits per heavy atom. The molecule has 0 atom stereocenters. The molecule has 0 aliphatic rings. The van der Waals surface area contributed by atoms with Gasteiger partial charge >= 0.3 is 0 Å². The highest BCUT2D eigenvalue weighted by Crippen LogP contribution is 2.26. The fraction of sp³-hybridized carbons (Fsp3) is 0.533. The first-order valence-electron chi connectivity index (χ1n) is 6.98. The highest BCUT2D eigenvalue weighted by Gasteiger charge is 2.20. The van der Waals surface area contributed by atoms with E-state index in [1.54, 1.807) is 6.07 Å². The van der Waals surface area contributed by atoms with Crippen molar-refractivity contribution in [3.8, 4) is 0 Å². The molecule has 0 amide bonds. The van der Waals surface area contributed by atoms with Gasteiger partial charge in [-0.25, -0.2) is 8.78 Å². The molecule has 0 heterocycles. The smallest absolute Gasteiger partial charge is 0.182 e. The maximum atomic E-state index is 14.2. The lowest BCUT2D eigenvalue weighted by molar-refractivity contribution is 0.472. The van der Waals surface area contributed by atoms with Crippen LogP contribution in [0, 0.1) is 17.6 Å². The van der Waals surface area contributed by atoms with Crippen LogP contribution < -0.4 is 10.6 Å². The molecule has 0 bridgehead atoms. The second-order valence-electron chi connectivity index (χ2n) is 4.85. The molecule has 0 unspecified atom stereocenters. The third kappa shape index (κ3) is 3.66. The normalized spacial score (nSPS) is 10.9. The van der Waals surface area contributed by atoms with E-state index in [9.17, 15) is 8.78 Å². The van der Waals surface area contributed by atoms with Crippen LogP contribution in [0.15, 0.2) is 12.1 Å². The molecule has 2 nitrogen and oxygen atoms in total. The quantitative estimate of drug-likeness (QED) is 0.775. The molecule has 0 fully saturated rings. The zero-order valence-electron chi connectivity index (χ0n) is 12.2. The molecular weight excluding hydrogens is 278 g/mol. The first kappa shape index (κ1) is 16.8. The molecule has 0 aliphatic carbocycles. The van der Waals surface area contributed by atoms with E-state index in [2.05, 4.69) is 13.8 Å². The van der Waals surface area contributed by atoms with Gasteiger partial charge in [0.2, 0.25) is 0 Å². The predicted molar refractivity (Wildman–Crippen MR) is 84.2 cm³/mol. The van der Waals surface area contributed by atoms with Crippen molar-refractivity contribution in [3.05, 3.63) is 29.3 Å². The van der Waals surface area contributed by atoms with Crippen molar-refractivity contribution in [1.29, 1.82) is 0 Å². The third-order valence-corrected chi connectivity index (χ3v) is 3.90. The summed E-state index contributed by atoms with van der Waals surface area (Å²) in [5, 5.41) is 0. The summed E-state index contributed by atoms with van der Waals surface area (Å²) in [4.78, 5) is 1.73. The summed E-state index contributed by atoms with van der Waals surface area (Å²) in [6.07, 6.45) is 2.03. The lowest BCUT2D eigenvalue weighted by atomic mass is 10.0. The van der Waals surface area contributed by atoms with E-state index < -0.39 is 11.6 Å². The Balaban J connectivity index is 3.10. The summed E-state index contributed by atoms with van der Waals surface area (Å²) in [5.41, 5.74) is 5.61. The van der Waals surface area contributed by atoms with E-state index in [-0.39, 0.29) is 16.2 Å². The Morgan fingerprint density at radius 1 is 1.20 bits per heavy atom. The molecular formula is C15H22F2N2S. The number of thiocarbonyl (C=S) groups is 1. The van der Waals surface area contributed by atoms with Crippen LogP contribution in [0.5, 0.6) is 0 Å². The summed E-state index contributed by atoms with van der Waals surface area (Å²) in [6, 6.07) is 3.00. The van der Waals surface area contributed by atoms with E-state index in [4.69, 9.17) is 18.0 Å². The number of hydrogen-bond donors (Lipinski definition) is 1. The molecule has 0 spiro atoms. The lowest BCUT2D eigenvalue weighted by Gasteiger charge is -2.28. The largest absolute Gasteiger partial charge is 0.389 e. The maximum Gasteiger partial charge on any atom is 0.182 e. The zero-order valence-corrected chi connectivity index (χ0v) is 13.1. The van der Waals surface area contributed by atoms with Crippen molar-refractivity contribution in [3.63, 3.8) is 0 Å². The Labute approximate surface area is 125 Å². The molecule has 5 heteroatoms. The summed E-state index contributed by atoms with van der Waals surface area (Å²) >= 11 is 4.71. The Morgan fingerprint density at radius 3 is 2.25 bits per heavy atom. The third-order valence-electron chi connectivity index (χ3n) is 3.68. The van der Waals surface area contributed by atoms with Crippen molar-refractivity contribution in [2.75, 3.05) is 18.0 Å². The molecule has 0 aromatic heterocycles. The molecule has 1 aromatic rings. The molecule has 20 heavy (non-hydrogen) atoms. The van der Waals surface area contributed by atoms with Crippen LogP contribution in [0.3, 0.4) is 0 Å². The van der Waals surface area contributed by atoms with Crippen molar-refractivity contribution >= 4 is 22.9 Å². The fourth-order valence-electron chi connectivity index (χ4n) is 2.23. The Kier molecular flexibility index (Phi) is 6.33. The minimum atomic E-state index is -0.960. The van der Waals surface area contributed by atoms with Crippen molar-refractivity contribution in [1.82, 2.24) is 0 Å². The number of anilines is 1. The van der Waals surface area contributed by atoms with Gasteiger partial charge in [0.25, 0.3) is 0 Å². The van der Waals surface area contributed by atoms with Gasteiger partial charge in [-0.3, -0.25) is 0 Å². The molecule has 0 saturated carbocycles. The minimum Gasteiger partial charge on any atom is -0.389 e. The second kappa shape index (κ2) is 7.53. The summed E-state index contributed by atoms with van der Waals surface area (Å²) in [7, 11) is 0.